The van der Waals surface area contributed by atoms with E-state index in [0.29, 0.717) is 5.88 Å². The van der Waals surface area contributed by atoms with Crippen LogP contribution in [0, 0.1) is 0 Å². The summed E-state index contributed by atoms with van der Waals surface area (Å²) in [6, 6.07) is 0. The van der Waals surface area contributed by atoms with Gasteiger partial charge in [0.1, 0.15) is 0 Å². The zero-order chi connectivity index (χ0) is 8.70. The van der Waals surface area contributed by atoms with E-state index < -0.39 is 14.6 Å². The van der Waals surface area contributed by atoms with Crippen LogP contribution < -0.4 is 0 Å². The van der Waals surface area contributed by atoms with Crippen LogP contribution in [-0.4, -0.2) is 24.8 Å². The van der Waals surface area contributed by atoms with Gasteiger partial charge < -0.3 is 0 Å². The highest BCUT2D eigenvalue weighted by atomic mass is 35.5. The Balaban J connectivity index is 3.06. The lowest BCUT2D eigenvalue weighted by Crippen LogP contribution is -2.26. The minimum absolute atomic E-state index is 0.128. The third-order valence-corrected chi connectivity index (χ3v) is 4.72. The van der Waals surface area contributed by atoms with E-state index in [4.69, 9.17) is 11.6 Å². The average molecular weight is 195 g/mol. The molecule has 0 aromatic carbocycles. The van der Waals surface area contributed by atoms with Crippen LogP contribution in [-0.2, 0) is 9.84 Å². The van der Waals surface area contributed by atoms with Crippen LogP contribution in [0.4, 0.5) is 0 Å². The first kappa shape index (κ1) is 9.07. The fraction of sp³-hybridized carbons (Fsp3) is 0.714. The molecule has 0 amide bonds. The van der Waals surface area contributed by atoms with E-state index in [1.807, 2.05) is 0 Å². The number of hydrogen-bond donors (Lipinski definition) is 0. The molecule has 0 aromatic heterocycles. The Morgan fingerprint density at radius 2 is 2.18 bits per heavy atom. The first-order valence-electron chi connectivity index (χ1n) is 3.38. The van der Waals surface area contributed by atoms with Gasteiger partial charge in [0.15, 0.2) is 9.84 Å². The second-order valence-electron chi connectivity index (χ2n) is 3.30. The largest absolute Gasteiger partial charge is 0.228 e. The molecule has 1 aliphatic rings. The Morgan fingerprint density at radius 1 is 1.64 bits per heavy atom. The lowest BCUT2D eigenvalue weighted by molar-refractivity contribution is 0.579. The zero-order valence-corrected chi connectivity index (χ0v) is 8.17. The van der Waals surface area contributed by atoms with Gasteiger partial charge in [-0.25, -0.2) is 8.42 Å². The van der Waals surface area contributed by atoms with Gasteiger partial charge in [0.05, 0.1) is 10.5 Å². The Kier molecular flexibility index (Phi) is 2.05. The summed E-state index contributed by atoms with van der Waals surface area (Å²) in [4.78, 5) is 0. The van der Waals surface area contributed by atoms with Crippen LogP contribution in [0.15, 0.2) is 11.6 Å². The lowest BCUT2D eigenvalue weighted by atomic mass is 10.1. The maximum Gasteiger partial charge on any atom is 0.162 e. The number of sulfone groups is 1. The summed E-state index contributed by atoms with van der Waals surface area (Å²) in [5.41, 5.74) is 0.816. The van der Waals surface area contributed by atoms with Gasteiger partial charge in [0, 0.05) is 5.88 Å². The zero-order valence-electron chi connectivity index (χ0n) is 6.59. The van der Waals surface area contributed by atoms with E-state index in [0.717, 1.165) is 5.57 Å². The Morgan fingerprint density at radius 3 is 2.36 bits per heavy atom. The van der Waals surface area contributed by atoms with E-state index in [1.54, 1.807) is 19.9 Å². The van der Waals surface area contributed by atoms with Crippen LogP contribution in [0.25, 0.3) is 0 Å². The van der Waals surface area contributed by atoms with Crippen molar-refractivity contribution in [2.24, 2.45) is 0 Å². The molecule has 1 aliphatic heterocycles. The van der Waals surface area contributed by atoms with Gasteiger partial charge in [-0.1, -0.05) is 6.08 Å². The minimum Gasteiger partial charge on any atom is -0.228 e. The second-order valence-corrected chi connectivity index (χ2v) is 6.14. The molecule has 64 valence electrons. The minimum atomic E-state index is -2.96. The summed E-state index contributed by atoms with van der Waals surface area (Å²) in [6.45, 7) is 3.39. The van der Waals surface area contributed by atoms with Crippen LogP contribution >= 0.6 is 11.6 Å². The highest BCUT2D eigenvalue weighted by Gasteiger charge is 2.38. The molecule has 0 saturated heterocycles. The SMILES string of the molecule is CC1(C)C=C(CCl)CS1(=O)=O. The van der Waals surface area contributed by atoms with Gasteiger partial charge in [0.2, 0.25) is 0 Å². The maximum atomic E-state index is 11.3. The van der Waals surface area contributed by atoms with Crippen molar-refractivity contribution in [1.82, 2.24) is 0 Å². The smallest absolute Gasteiger partial charge is 0.162 e. The Labute approximate surface area is 72.2 Å². The van der Waals surface area contributed by atoms with E-state index in [-0.39, 0.29) is 5.75 Å². The summed E-state index contributed by atoms with van der Waals surface area (Å²) >= 11 is 5.53. The number of rotatable bonds is 1. The molecule has 0 unspecified atom stereocenters. The molecule has 0 aliphatic carbocycles. The molecular weight excluding hydrogens is 184 g/mol. The van der Waals surface area contributed by atoms with Crippen molar-refractivity contribution in [1.29, 1.82) is 0 Å². The third kappa shape index (κ3) is 1.44. The summed E-state index contributed by atoms with van der Waals surface area (Å²) in [5, 5.41) is 0. The fourth-order valence-corrected chi connectivity index (χ4v) is 2.81. The predicted molar refractivity (Wildman–Crippen MR) is 46.7 cm³/mol. The first-order valence-corrected chi connectivity index (χ1v) is 5.56. The van der Waals surface area contributed by atoms with Crippen molar-refractivity contribution in [3.05, 3.63) is 11.6 Å². The first-order chi connectivity index (χ1) is 4.89. The number of hydrogen-bond acceptors (Lipinski definition) is 2. The summed E-state index contributed by atoms with van der Waals surface area (Å²) in [6.07, 6.45) is 1.75. The van der Waals surface area contributed by atoms with Gasteiger partial charge in [-0.3, -0.25) is 0 Å². The molecule has 0 N–H and O–H groups in total. The summed E-state index contributed by atoms with van der Waals surface area (Å²) in [5.74, 6) is 0.451. The fourth-order valence-electron chi connectivity index (χ4n) is 1.13. The van der Waals surface area contributed by atoms with Crippen molar-refractivity contribution < 1.29 is 8.42 Å². The van der Waals surface area contributed by atoms with E-state index in [2.05, 4.69) is 0 Å². The van der Waals surface area contributed by atoms with E-state index in [9.17, 15) is 8.42 Å². The van der Waals surface area contributed by atoms with Crippen molar-refractivity contribution in [3.63, 3.8) is 0 Å². The highest BCUT2D eigenvalue weighted by molar-refractivity contribution is 7.93. The lowest BCUT2D eigenvalue weighted by Gasteiger charge is -2.12. The van der Waals surface area contributed by atoms with Crippen molar-refractivity contribution in [2.45, 2.75) is 18.6 Å². The predicted octanol–water partition coefficient (Wildman–Crippen LogP) is 1.36. The van der Waals surface area contributed by atoms with Crippen molar-refractivity contribution >= 4 is 21.4 Å². The second kappa shape index (κ2) is 2.49. The van der Waals surface area contributed by atoms with Crippen LogP contribution in [0.3, 0.4) is 0 Å². The van der Waals surface area contributed by atoms with Crippen molar-refractivity contribution in [2.75, 3.05) is 11.6 Å². The van der Waals surface area contributed by atoms with Gasteiger partial charge >= 0.3 is 0 Å². The summed E-state index contributed by atoms with van der Waals surface area (Å²) in [7, 11) is -2.96. The third-order valence-electron chi connectivity index (χ3n) is 1.90. The number of halogens is 1. The molecule has 2 nitrogen and oxygen atoms in total. The maximum absolute atomic E-state index is 11.3. The topological polar surface area (TPSA) is 34.1 Å². The van der Waals surface area contributed by atoms with Crippen LogP contribution in [0.2, 0.25) is 0 Å². The van der Waals surface area contributed by atoms with Crippen molar-refractivity contribution in [3.8, 4) is 0 Å². The average Bonchev–Trinajstić information content (AvgIpc) is 2.03. The molecule has 0 bridgehead atoms. The summed E-state index contributed by atoms with van der Waals surface area (Å²) < 4.78 is 22.0. The molecular formula is C7H11ClO2S. The van der Waals surface area contributed by atoms with Crippen LogP contribution in [0.1, 0.15) is 13.8 Å². The van der Waals surface area contributed by atoms with Gasteiger partial charge in [-0.2, -0.15) is 0 Å². The molecule has 0 radical (unpaired) electrons. The number of alkyl halides is 1. The quantitative estimate of drug-likeness (QED) is 0.467. The van der Waals surface area contributed by atoms with Gasteiger partial charge in [-0.05, 0) is 19.4 Å². The molecule has 11 heavy (non-hydrogen) atoms. The Bertz CT molecular complexity index is 288. The van der Waals surface area contributed by atoms with Crippen LogP contribution in [0.5, 0.6) is 0 Å². The standard InChI is InChI=1S/C7H11ClO2S/c1-7(2)3-6(4-8)5-11(7,9)10/h3H,4-5H2,1-2H3. The molecule has 1 heterocycles. The molecule has 4 heteroatoms. The monoisotopic (exact) mass is 194 g/mol. The van der Waals surface area contributed by atoms with Gasteiger partial charge in [-0.15, -0.1) is 11.6 Å². The van der Waals surface area contributed by atoms with E-state index in [1.165, 1.54) is 0 Å². The molecule has 0 aromatic rings. The molecule has 0 spiro atoms. The molecule has 1 rings (SSSR count). The van der Waals surface area contributed by atoms with E-state index >= 15 is 0 Å². The van der Waals surface area contributed by atoms with Gasteiger partial charge in [0.25, 0.3) is 0 Å². The molecule has 0 saturated carbocycles. The Hall–Kier alpha value is -0.0200. The highest BCUT2D eigenvalue weighted by Crippen LogP contribution is 2.29. The molecule has 0 fully saturated rings. The normalized spacial score (nSPS) is 26.6. The molecule has 0 atom stereocenters.